The van der Waals surface area contributed by atoms with E-state index in [1.165, 1.54) is 0 Å². The molecule has 7 heteroatoms. The van der Waals surface area contributed by atoms with E-state index in [0.717, 1.165) is 24.3 Å². The summed E-state index contributed by atoms with van der Waals surface area (Å²) in [4.78, 5) is 13.3. The zero-order valence-electron chi connectivity index (χ0n) is 12.7. The van der Waals surface area contributed by atoms with Gasteiger partial charge in [-0.3, -0.25) is 4.79 Å². The summed E-state index contributed by atoms with van der Waals surface area (Å²) < 4.78 is 43.2. The van der Waals surface area contributed by atoms with Crippen molar-refractivity contribution in [2.45, 2.75) is 45.3 Å². The molecule has 0 aliphatic carbocycles. The largest absolute Gasteiger partial charge is 0.406 e. The van der Waals surface area contributed by atoms with Gasteiger partial charge in [-0.15, -0.1) is 0 Å². The monoisotopic (exact) mass is 310 g/mol. The standard InChI is InChI=1S/C14H25F3N2O2/c1-3-5-7-19(10-14(15,16)17)13(20)11-8-21-9-12(11)18-6-4-2/h11-12,18H,3-10H2,1-2H3. The number of nitrogens with zero attached hydrogens (tertiary/aromatic N) is 1. The maximum absolute atomic E-state index is 12.6. The number of alkyl halides is 3. The first-order chi connectivity index (χ1) is 9.89. The van der Waals surface area contributed by atoms with Crippen molar-refractivity contribution in [1.29, 1.82) is 0 Å². The third-order valence-corrected chi connectivity index (χ3v) is 3.52. The summed E-state index contributed by atoms with van der Waals surface area (Å²) in [6.07, 6.45) is -2.14. The number of amides is 1. The molecule has 1 amide bonds. The highest BCUT2D eigenvalue weighted by Gasteiger charge is 2.40. The lowest BCUT2D eigenvalue weighted by atomic mass is 10.0. The van der Waals surface area contributed by atoms with E-state index < -0.39 is 24.5 Å². The predicted molar refractivity (Wildman–Crippen MR) is 73.9 cm³/mol. The van der Waals surface area contributed by atoms with Gasteiger partial charge >= 0.3 is 6.18 Å². The lowest BCUT2D eigenvalue weighted by Crippen LogP contribution is -2.48. The molecular formula is C14H25F3N2O2. The first-order valence-corrected chi connectivity index (χ1v) is 7.55. The Hall–Kier alpha value is -0.820. The molecule has 4 nitrogen and oxygen atoms in total. The maximum Gasteiger partial charge on any atom is 0.406 e. The number of unbranched alkanes of at least 4 members (excludes halogenated alkanes) is 1. The van der Waals surface area contributed by atoms with Crippen LogP contribution in [0, 0.1) is 5.92 Å². The Bertz CT molecular complexity index is 324. The van der Waals surface area contributed by atoms with Gasteiger partial charge < -0.3 is 15.0 Å². The van der Waals surface area contributed by atoms with Gasteiger partial charge in [-0.25, -0.2) is 0 Å². The van der Waals surface area contributed by atoms with E-state index in [1.807, 2.05) is 13.8 Å². The number of carbonyl (C=O) groups is 1. The van der Waals surface area contributed by atoms with Crippen LogP contribution in [-0.4, -0.2) is 55.9 Å². The van der Waals surface area contributed by atoms with E-state index in [2.05, 4.69) is 5.32 Å². The summed E-state index contributed by atoms with van der Waals surface area (Å²) in [7, 11) is 0. The van der Waals surface area contributed by atoms with E-state index in [-0.39, 0.29) is 19.2 Å². The van der Waals surface area contributed by atoms with Crippen LogP contribution in [0.1, 0.15) is 33.1 Å². The van der Waals surface area contributed by atoms with E-state index >= 15 is 0 Å². The first kappa shape index (κ1) is 18.2. The normalized spacial score (nSPS) is 22.5. The fraction of sp³-hybridized carbons (Fsp3) is 0.929. The number of rotatable bonds is 8. The van der Waals surface area contributed by atoms with Crippen LogP contribution < -0.4 is 5.32 Å². The molecule has 2 unspecified atom stereocenters. The highest BCUT2D eigenvalue weighted by molar-refractivity contribution is 5.80. The zero-order valence-corrected chi connectivity index (χ0v) is 12.7. The molecule has 1 aliphatic heterocycles. The van der Waals surface area contributed by atoms with Gasteiger partial charge in [0, 0.05) is 12.6 Å². The van der Waals surface area contributed by atoms with Crippen molar-refractivity contribution in [2.75, 3.05) is 32.8 Å². The Morgan fingerprint density at radius 3 is 2.57 bits per heavy atom. The zero-order chi connectivity index (χ0) is 15.9. The smallest absolute Gasteiger partial charge is 0.379 e. The minimum Gasteiger partial charge on any atom is -0.379 e. The molecule has 21 heavy (non-hydrogen) atoms. The Kier molecular flexibility index (Phi) is 7.45. The van der Waals surface area contributed by atoms with Crippen LogP contribution in [0.2, 0.25) is 0 Å². The summed E-state index contributed by atoms with van der Waals surface area (Å²) in [6.45, 7) is 4.16. The van der Waals surface area contributed by atoms with Gasteiger partial charge in [-0.1, -0.05) is 20.3 Å². The van der Waals surface area contributed by atoms with Gasteiger partial charge in [0.1, 0.15) is 6.54 Å². The highest BCUT2D eigenvalue weighted by atomic mass is 19.4. The van der Waals surface area contributed by atoms with Crippen LogP contribution >= 0.6 is 0 Å². The molecule has 0 bridgehead atoms. The fourth-order valence-corrected chi connectivity index (χ4v) is 2.40. The summed E-state index contributed by atoms with van der Waals surface area (Å²) >= 11 is 0. The number of ether oxygens (including phenoxy) is 1. The van der Waals surface area contributed by atoms with Gasteiger partial charge in [0.15, 0.2) is 0 Å². The summed E-state index contributed by atoms with van der Waals surface area (Å²) in [5.74, 6) is -0.970. The number of carbonyl (C=O) groups excluding carboxylic acids is 1. The second-order valence-electron chi connectivity index (χ2n) is 5.43. The number of hydrogen-bond donors (Lipinski definition) is 1. The van der Waals surface area contributed by atoms with Crippen molar-refractivity contribution in [3.05, 3.63) is 0 Å². The van der Waals surface area contributed by atoms with Crippen LogP contribution in [0.5, 0.6) is 0 Å². The van der Waals surface area contributed by atoms with Crippen molar-refractivity contribution in [3.8, 4) is 0 Å². The summed E-state index contributed by atoms with van der Waals surface area (Å²) in [6, 6.07) is -0.185. The molecule has 0 aromatic heterocycles. The van der Waals surface area contributed by atoms with E-state index in [1.54, 1.807) is 0 Å². The minimum atomic E-state index is -4.37. The third kappa shape index (κ3) is 6.22. The average Bonchev–Trinajstić information content (AvgIpc) is 2.87. The molecule has 0 aromatic rings. The molecule has 2 atom stereocenters. The lowest BCUT2D eigenvalue weighted by molar-refractivity contribution is -0.164. The molecule has 1 heterocycles. The predicted octanol–water partition coefficient (Wildman–Crippen LogP) is 2.19. The van der Waals surface area contributed by atoms with Gasteiger partial charge in [-0.05, 0) is 19.4 Å². The number of hydrogen-bond acceptors (Lipinski definition) is 3. The Balaban J connectivity index is 2.68. The van der Waals surface area contributed by atoms with Crippen molar-refractivity contribution < 1.29 is 22.7 Å². The average molecular weight is 310 g/mol. The van der Waals surface area contributed by atoms with Crippen LogP contribution in [0.15, 0.2) is 0 Å². The molecule has 1 aliphatic rings. The van der Waals surface area contributed by atoms with Crippen LogP contribution in [0.3, 0.4) is 0 Å². The second-order valence-corrected chi connectivity index (χ2v) is 5.43. The number of nitrogens with one attached hydrogen (secondary N) is 1. The van der Waals surface area contributed by atoms with Crippen molar-refractivity contribution in [3.63, 3.8) is 0 Å². The summed E-state index contributed by atoms with van der Waals surface area (Å²) in [5, 5.41) is 3.18. The van der Waals surface area contributed by atoms with Crippen molar-refractivity contribution in [2.24, 2.45) is 5.92 Å². The SMILES string of the molecule is CCCCN(CC(F)(F)F)C(=O)C1COCC1NCCC. The van der Waals surface area contributed by atoms with Crippen LogP contribution in [0.25, 0.3) is 0 Å². The molecule has 0 saturated carbocycles. The first-order valence-electron chi connectivity index (χ1n) is 7.55. The van der Waals surface area contributed by atoms with E-state index in [4.69, 9.17) is 4.74 Å². The molecule has 0 aromatic carbocycles. The molecule has 1 rings (SSSR count). The lowest BCUT2D eigenvalue weighted by Gasteiger charge is -2.28. The Morgan fingerprint density at radius 1 is 1.29 bits per heavy atom. The third-order valence-electron chi connectivity index (χ3n) is 3.52. The van der Waals surface area contributed by atoms with Gasteiger partial charge in [0.05, 0.1) is 19.1 Å². The summed E-state index contributed by atoms with van der Waals surface area (Å²) in [5.41, 5.74) is 0. The van der Waals surface area contributed by atoms with Gasteiger partial charge in [0.25, 0.3) is 0 Å². The highest BCUT2D eigenvalue weighted by Crippen LogP contribution is 2.22. The van der Waals surface area contributed by atoms with Crippen LogP contribution in [-0.2, 0) is 9.53 Å². The second kappa shape index (κ2) is 8.58. The molecule has 124 valence electrons. The minimum absolute atomic E-state index is 0.145. The molecular weight excluding hydrogens is 285 g/mol. The number of halogens is 3. The molecule has 1 saturated heterocycles. The van der Waals surface area contributed by atoms with Crippen molar-refractivity contribution >= 4 is 5.91 Å². The maximum atomic E-state index is 12.6. The Labute approximate surface area is 124 Å². The van der Waals surface area contributed by atoms with Gasteiger partial charge in [-0.2, -0.15) is 13.2 Å². The van der Waals surface area contributed by atoms with E-state index in [9.17, 15) is 18.0 Å². The molecule has 0 radical (unpaired) electrons. The molecule has 1 fully saturated rings. The van der Waals surface area contributed by atoms with Crippen LogP contribution in [0.4, 0.5) is 13.2 Å². The Morgan fingerprint density at radius 2 is 2.00 bits per heavy atom. The van der Waals surface area contributed by atoms with Gasteiger partial charge in [0.2, 0.25) is 5.91 Å². The van der Waals surface area contributed by atoms with Crippen molar-refractivity contribution in [1.82, 2.24) is 10.2 Å². The molecule has 1 N–H and O–H groups in total. The fourth-order valence-electron chi connectivity index (χ4n) is 2.40. The topological polar surface area (TPSA) is 41.6 Å². The van der Waals surface area contributed by atoms with E-state index in [0.29, 0.717) is 13.0 Å². The molecule has 0 spiro atoms. The quantitative estimate of drug-likeness (QED) is 0.747.